The van der Waals surface area contributed by atoms with E-state index < -0.39 is 6.10 Å². The van der Waals surface area contributed by atoms with Crippen molar-refractivity contribution in [3.05, 3.63) is 0 Å². The SMILES string of the molecule is CC(O)C(C)COC=O. The number of aliphatic hydroxyl groups excluding tert-OH is 1. The Morgan fingerprint density at radius 3 is 2.56 bits per heavy atom. The summed E-state index contributed by atoms with van der Waals surface area (Å²) in [6, 6.07) is 0. The van der Waals surface area contributed by atoms with E-state index in [1.807, 2.05) is 6.92 Å². The zero-order valence-corrected chi connectivity index (χ0v) is 5.70. The summed E-state index contributed by atoms with van der Waals surface area (Å²) in [6.45, 7) is 4.16. The Labute approximate surface area is 54.6 Å². The molecule has 2 atom stereocenters. The van der Waals surface area contributed by atoms with E-state index in [1.165, 1.54) is 0 Å². The van der Waals surface area contributed by atoms with Gasteiger partial charge in [0, 0.05) is 5.92 Å². The van der Waals surface area contributed by atoms with Gasteiger partial charge in [-0.1, -0.05) is 6.92 Å². The van der Waals surface area contributed by atoms with Crippen LogP contribution < -0.4 is 0 Å². The predicted octanol–water partition coefficient (Wildman–Crippen LogP) is 0.176. The highest BCUT2D eigenvalue weighted by Crippen LogP contribution is 2.00. The first-order chi connectivity index (χ1) is 4.18. The van der Waals surface area contributed by atoms with Crippen molar-refractivity contribution in [2.75, 3.05) is 6.61 Å². The molecular weight excluding hydrogens is 120 g/mol. The second-order valence-corrected chi connectivity index (χ2v) is 2.15. The van der Waals surface area contributed by atoms with Crippen molar-refractivity contribution < 1.29 is 14.6 Å². The van der Waals surface area contributed by atoms with Crippen LogP contribution in [0.5, 0.6) is 0 Å². The van der Waals surface area contributed by atoms with Gasteiger partial charge in [0.05, 0.1) is 12.7 Å². The Morgan fingerprint density at radius 2 is 2.22 bits per heavy atom. The first kappa shape index (κ1) is 8.43. The van der Waals surface area contributed by atoms with Gasteiger partial charge in [0.15, 0.2) is 0 Å². The van der Waals surface area contributed by atoms with Crippen molar-refractivity contribution in [1.29, 1.82) is 0 Å². The van der Waals surface area contributed by atoms with Gasteiger partial charge in [-0.15, -0.1) is 0 Å². The number of rotatable bonds is 4. The van der Waals surface area contributed by atoms with Gasteiger partial charge in [-0.2, -0.15) is 0 Å². The molecule has 0 aliphatic heterocycles. The molecule has 0 aromatic rings. The Bertz CT molecular complexity index is 80.4. The fraction of sp³-hybridized carbons (Fsp3) is 0.833. The molecule has 54 valence electrons. The molecule has 0 amide bonds. The van der Waals surface area contributed by atoms with E-state index in [0.717, 1.165) is 0 Å². The molecule has 9 heavy (non-hydrogen) atoms. The van der Waals surface area contributed by atoms with E-state index in [9.17, 15) is 4.79 Å². The Morgan fingerprint density at radius 1 is 1.67 bits per heavy atom. The van der Waals surface area contributed by atoms with Crippen LogP contribution in [0.15, 0.2) is 0 Å². The molecule has 0 aliphatic rings. The highest BCUT2D eigenvalue weighted by Gasteiger charge is 2.07. The molecule has 2 unspecified atom stereocenters. The summed E-state index contributed by atoms with van der Waals surface area (Å²) in [5.74, 6) is 0.0233. The van der Waals surface area contributed by atoms with Gasteiger partial charge in [0.25, 0.3) is 6.47 Å². The van der Waals surface area contributed by atoms with Gasteiger partial charge in [0.1, 0.15) is 0 Å². The second kappa shape index (κ2) is 4.32. The van der Waals surface area contributed by atoms with E-state index >= 15 is 0 Å². The summed E-state index contributed by atoms with van der Waals surface area (Å²) < 4.78 is 4.42. The van der Waals surface area contributed by atoms with Crippen molar-refractivity contribution in [3.63, 3.8) is 0 Å². The van der Waals surface area contributed by atoms with Crippen molar-refractivity contribution in [2.24, 2.45) is 5.92 Å². The quantitative estimate of drug-likeness (QED) is 0.555. The van der Waals surface area contributed by atoms with Crippen molar-refractivity contribution in [2.45, 2.75) is 20.0 Å². The van der Waals surface area contributed by atoms with Crippen LogP contribution in [0.1, 0.15) is 13.8 Å². The summed E-state index contributed by atoms with van der Waals surface area (Å²) in [7, 11) is 0. The van der Waals surface area contributed by atoms with Crippen LogP contribution in [0.4, 0.5) is 0 Å². The molecule has 0 fully saturated rings. The summed E-state index contributed by atoms with van der Waals surface area (Å²) in [5, 5.41) is 8.85. The molecule has 0 saturated heterocycles. The van der Waals surface area contributed by atoms with E-state index in [4.69, 9.17) is 5.11 Å². The van der Waals surface area contributed by atoms with Gasteiger partial charge in [-0.25, -0.2) is 0 Å². The summed E-state index contributed by atoms with van der Waals surface area (Å²) in [6.07, 6.45) is -0.412. The van der Waals surface area contributed by atoms with Crippen molar-refractivity contribution >= 4 is 6.47 Å². The van der Waals surface area contributed by atoms with Crippen LogP contribution in [0.3, 0.4) is 0 Å². The number of carbonyl (C=O) groups is 1. The third-order valence-electron chi connectivity index (χ3n) is 1.25. The average molecular weight is 132 g/mol. The Kier molecular flexibility index (Phi) is 4.05. The van der Waals surface area contributed by atoms with Crippen LogP contribution in [-0.2, 0) is 9.53 Å². The van der Waals surface area contributed by atoms with Gasteiger partial charge < -0.3 is 9.84 Å². The van der Waals surface area contributed by atoms with E-state index in [2.05, 4.69) is 4.74 Å². The molecule has 3 nitrogen and oxygen atoms in total. The molecule has 0 aromatic heterocycles. The average Bonchev–Trinajstić information content (AvgIpc) is 1.82. The first-order valence-corrected chi connectivity index (χ1v) is 2.91. The monoisotopic (exact) mass is 132 g/mol. The predicted molar refractivity (Wildman–Crippen MR) is 32.9 cm³/mol. The van der Waals surface area contributed by atoms with Crippen LogP contribution in [0.2, 0.25) is 0 Å². The van der Waals surface area contributed by atoms with Gasteiger partial charge in [-0.3, -0.25) is 4.79 Å². The maximum Gasteiger partial charge on any atom is 0.293 e. The van der Waals surface area contributed by atoms with Crippen molar-refractivity contribution in [3.8, 4) is 0 Å². The lowest BCUT2D eigenvalue weighted by molar-refractivity contribution is -0.130. The lowest BCUT2D eigenvalue weighted by Gasteiger charge is -2.11. The zero-order chi connectivity index (χ0) is 7.28. The molecular formula is C6H12O3. The topological polar surface area (TPSA) is 46.5 Å². The Hall–Kier alpha value is -0.570. The first-order valence-electron chi connectivity index (χ1n) is 2.91. The number of ether oxygens (including phenoxy) is 1. The van der Waals surface area contributed by atoms with Gasteiger partial charge >= 0.3 is 0 Å². The molecule has 0 radical (unpaired) electrons. The van der Waals surface area contributed by atoms with Crippen LogP contribution in [0, 0.1) is 5.92 Å². The zero-order valence-electron chi connectivity index (χ0n) is 5.70. The normalized spacial score (nSPS) is 16.3. The van der Waals surface area contributed by atoms with Crippen LogP contribution in [0.25, 0.3) is 0 Å². The molecule has 0 saturated carbocycles. The van der Waals surface area contributed by atoms with Gasteiger partial charge in [-0.05, 0) is 6.92 Å². The number of hydrogen-bond acceptors (Lipinski definition) is 3. The van der Waals surface area contributed by atoms with Crippen LogP contribution >= 0.6 is 0 Å². The smallest absolute Gasteiger partial charge is 0.293 e. The van der Waals surface area contributed by atoms with Gasteiger partial charge in [0.2, 0.25) is 0 Å². The molecule has 0 heterocycles. The number of hydrogen-bond donors (Lipinski definition) is 1. The number of aliphatic hydroxyl groups is 1. The molecule has 3 heteroatoms. The highest BCUT2D eigenvalue weighted by atomic mass is 16.5. The largest absolute Gasteiger partial charge is 0.468 e. The lowest BCUT2D eigenvalue weighted by atomic mass is 10.1. The molecule has 0 aromatic carbocycles. The molecule has 0 aliphatic carbocycles. The maximum absolute atomic E-state index is 9.63. The lowest BCUT2D eigenvalue weighted by Crippen LogP contribution is -2.18. The maximum atomic E-state index is 9.63. The van der Waals surface area contributed by atoms with Crippen LogP contribution in [-0.4, -0.2) is 24.3 Å². The number of carbonyl (C=O) groups excluding carboxylic acids is 1. The fourth-order valence-corrected chi connectivity index (χ4v) is 0.330. The second-order valence-electron chi connectivity index (χ2n) is 2.15. The fourth-order valence-electron chi connectivity index (χ4n) is 0.330. The summed E-state index contributed by atoms with van der Waals surface area (Å²) in [4.78, 5) is 9.63. The third kappa shape index (κ3) is 3.97. The minimum absolute atomic E-state index is 0.0233. The standard InChI is InChI=1S/C6H12O3/c1-5(6(2)8)3-9-4-7/h4-6,8H,3H2,1-2H3. The molecule has 0 spiro atoms. The van der Waals surface area contributed by atoms with E-state index in [0.29, 0.717) is 13.1 Å². The highest BCUT2D eigenvalue weighted by molar-refractivity contribution is 5.36. The molecule has 0 rings (SSSR count). The molecule has 1 N–H and O–H groups in total. The van der Waals surface area contributed by atoms with E-state index in [1.54, 1.807) is 6.92 Å². The van der Waals surface area contributed by atoms with Crippen molar-refractivity contribution in [1.82, 2.24) is 0 Å². The van der Waals surface area contributed by atoms with E-state index in [-0.39, 0.29) is 5.92 Å². The third-order valence-corrected chi connectivity index (χ3v) is 1.25. The summed E-state index contributed by atoms with van der Waals surface area (Å²) >= 11 is 0. The minimum atomic E-state index is -0.412. The summed E-state index contributed by atoms with van der Waals surface area (Å²) in [5.41, 5.74) is 0. The molecule has 0 bridgehead atoms. The Balaban J connectivity index is 3.26. The minimum Gasteiger partial charge on any atom is -0.468 e.